The van der Waals surface area contributed by atoms with Crippen molar-refractivity contribution in [3.05, 3.63) is 99.8 Å². The van der Waals surface area contributed by atoms with Crippen molar-refractivity contribution < 1.29 is 9.53 Å². The molecule has 0 unspecified atom stereocenters. The van der Waals surface area contributed by atoms with Crippen molar-refractivity contribution in [2.24, 2.45) is 4.99 Å². The summed E-state index contributed by atoms with van der Waals surface area (Å²) in [7, 11) is 1.65. The molecule has 3 aromatic carbocycles. The quantitative estimate of drug-likeness (QED) is 0.413. The number of halogens is 1. The predicted molar refractivity (Wildman–Crippen MR) is 122 cm³/mol. The molecule has 0 spiro atoms. The Labute approximate surface area is 184 Å². The molecule has 1 heterocycles. The highest BCUT2D eigenvalue weighted by Crippen LogP contribution is 2.28. The second kappa shape index (κ2) is 9.39. The number of para-hydroxylation sites is 1. The van der Waals surface area contributed by atoms with Gasteiger partial charge in [-0.2, -0.15) is 4.99 Å². The van der Waals surface area contributed by atoms with Crippen molar-refractivity contribution in [3.63, 3.8) is 0 Å². The Morgan fingerprint density at radius 3 is 2.23 bits per heavy atom. The van der Waals surface area contributed by atoms with Crippen LogP contribution < -0.4 is 4.80 Å². The SMILES string of the molecule is COCCn1c(=NC(=O)C(c2ccccc2)c2ccccc2)sc2cccc(Cl)c21. The molecule has 1 amide bonds. The Hall–Kier alpha value is -2.73. The number of hydrogen-bond acceptors (Lipinski definition) is 3. The highest BCUT2D eigenvalue weighted by atomic mass is 35.5. The molecule has 0 saturated carbocycles. The Morgan fingerprint density at radius 1 is 1.00 bits per heavy atom. The van der Waals surface area contributed by atoms with Crippen LogP contribution in [0.15, 0.2) is 83.9 Å². The summed E-state index contributed by atoms with van der Waals surface area (Å²) in [5.41, 5.74) is 2.71. The number of nitrogens with zero attached hydrogens (tertiary/aromatic N) is 2. The number of carbonyl (C=O) groups excluding carboxylic acids is 1. The zero-order chi connectivity index (χ0) is 20.9. The Bertz CT molecular complexity index is 1180. The summed E-state index contributed by atoms with van der Waals surface area (Å²) >= 11 is 7.92. The molecule has 0 radical (unpaired) electrons. The molecule has 0 atom stereocenters. The third kappa shape index (κ3) is 4.24. The third-order valence-corrected chi connectivity index (χ3v) is 6.24. The van der Waals surface area contributed by atoms with Crippen LogP contribution in [0.1, 0.15) is 17.0 Å². The lowest BCUT2D eigenvalue weighted by Gasteiger charge is -2.14. The highest BCUT2D eigenvalue weighted by molar-refractivity contribution is 7.16. The van der Waals surface area contributed by atoms with Crippen LogP contribution in [0.2, 0.25) is 5.02 Å². The summed E-state index contributed by atoms with van der Waals surface area (Å²) in [5, 5.41) is 0.636. The van der Waals surface area contributed by atoms with Gasteiger partial charge in [0.2, 0.25) is 0 Å². The van der Waals surface area contributed by atoms with E-state index in [0.29, 0.717) is 23.0 Å². The summed E-state index contributed by atoms with van der Waals surface area (Å²) in [5.74, 6) is -0.676. The van der Waals surface area contributed by atoms with E-state index in [4.69, 9.17) is 16.3 Å². The lowest BCUT2D eigenvalue weighted by Crippen LogP contribution is -2.22. The van der Waals surface area contributed by atoms with E-state index in [1.165, 1.54) is 11.3 Å². The van der Waals surface area contributed by atoms with Gasteiger partial charge in [-0.15, -0.1) is 0 Å². The molecule has 1 aromatic heterocycles. The van der Waals surface area contributed by atoms with Gasteiger partial charge in [0.1, 0.15) is 0 Å². The van der Waals surface area contributed by atoms with Crippen LogP contribution in [0.4, 0.5) is 0 Å². The summed E-state index contributed by atoms with van der Waals surface area (Å²) in [6, 6.07) is 25.3. The fourth-order valence-electron chi connectivity index (χ4n) is 3.49. The monoisotopic (exact) mass is 436 g/mol. The van der Waals surface area contributed by atoms with E-state index < -0.39 is 5.92 Å². The molecule has 0 fully saturated rings. The van der Waals surface area contributed by atoms with E-state index in [9.17, 15) is 4.79 Å². The number of fused-ring (bicyclic) bond motifs is 1. The van der Waals surface area contributed by atoms with Crippen LogP contribution in [0.5, 0.6) is 0 Å². The summed E-state index contributed by atoms with van der Waals surface area (Å²) in [4.78, 5) is 18.7. The van der Waals surface area contributed by atoms with Gasteiger partial charge in [0.25, 0.3) is 5.91 Å². The molecular formula is C24H21ClN2O2S. The van der Waals surface area contributed by atoms with Gasteiger partial charge >= 0.3 is 0 Å². The maximum Gasteiger partial charge on any atom is 0.260 e. The molecule has 6 heteroatoms. The van der Waals surface area contributed by atoms with Crippen LogP contribution in [-0.4, -0.2) is 24.2 Å². The summed E-state index contributed by atoms with van der Waals surface area (Å²) < 4.78 is 8.22. The number of hydrogen-bond donors (Lipinski definition) is 0. The first-order valence-corrected chi connectivity index (χ1v) is 10.8. The highest BCUT2D eigenvalue weighted by Gasteiger charge is 2.23. The van der Waals surface area contributed by atoms with E-state index in [0.717, 1.165) is 21.3 Å². The fourth-order valence-corrected chi connectivity index (χ4v) is 4.91. The van der Waals surface area contributed by atoms with Gasteiger partial charge in [-0.3, -0.25) is 4.79 Å². The fraction of sp³-hybridized carbons (Fsp3) is 0.167. The summed E-state index contributed by atoms with van der Waals surface area (Å²) in [6.45, 7) is 1.06. The average molecular weight is 437 g/mol. The minimum absolute atomic E-state index is 0.207. The first-order chi connectivity index (χ1) is 14.7. The molecule has 0 aliphatic heterocycles. The first kappa shape index (κ1) is 20.5. The number of amides is 1. The topological polar surface area (TPSA) is 43.6 Å². The largest absolute Gasteiger partial charge is 0.383 e. The molecule has 4 aromatic rings. The molecule has 4 nitrogen and oxygen atoms in total. The van der Waals surface area contributed by atoms with Gasteiger partial charge in [0.15, 0.2) is 4.80 Å². The zero-order valence-electron chi connectivity index (χ0n) is 16.5. The van der Waals surface area contributed by atoms with Gasteiger partial charge in [-0.25, -0.2) is 0 Å². The van der Waals surface area contributed by atoms with Gasteiger partial charge in [-0.05, 0) is 23.3 Å². The van der Waals surface area contributed by atoms with Crippen molar-refractivity contribution in [3.8, 4) is 0 Å². The van der Waals surface area contributed by atoms with Gasteiger partial charge in [0.05, 0.1) is 27.8 Å². The Morgan fingerprint density at radius 2 is 1.63 bits per heavy atom. The number of ether oxygens (including phenoxy) is 1. The maximum absolute atomic E-state index is 13.5. The van der Waals surface area contributed by atoms with E-state index in [-0.39, 0.29) is 5.91 Å². The zero-order valence-corrected chi connectivity index (χ0v) is 18.1. The van der Waals surface area contributed by atoms with E-state index in [2.05, 4.69) is 4.99 Å². The summed E-state index contributed by atoms with van der Waals surface area (Å²) in [6.07, 6.45) is 0. The molecule has 30 heavy (non-hydrogen) atoms. The van der Waals surface area contributed by atoms with Crippen LogP contribution in [0.3, 0.4) is 0 Å². The minimum atomic E-state index is -0.469. The van der Waals surface area contributed by atoms with Gasteiger partial charge in [0, 0.05) is 13.7 Å². The van der Waals surface area contributed by atoms with E-state index >= 15 is 0 Å². The molecule has 0 bridgehead atoms. The smallest absolute Gasteiger partial charge is 0.260 e. The van der Waals surface area contributed by atoms with Crippen LogP contribution in [0.25, 0.3) is 10.2 Å². The number of benzene rings is 3. The van der Waals surface area contributed by atoms with Crippen molar-refractivity contribution in [1.29, 1.82) is 0 Å². The lowest BCUT2D eigenvalue weighted by molar-refractivity contribution is -0.118. The number of rotatable bonds is 6. The van der Waals surface area contributed by atoms with Crippen LogP contribution in [-0.2, 0) is 16.1 Å². The Kier molecular flexibility index (Phi) is 6.43. The van der Waals surface area contributed by atoms with E-state index in [1.807, 2.05) is 83.4 Å². The number of aromatic nitrogens is 1. The van der Waals surface area contributed by atoms with Crippen LogP contribution >= 0.6 is 22.9 Å². The predicted octanol–water partition coefficient (Wildman–Crippen LogP) is 5.26. The Balaban J connectivity index is 1.85. The van der Waals surface area contributed by atoms with Crippen molar-refractivity contribution in [1.82, 2.24) is 4.57 Å². The third-order valence-electron chi connectivity index (χ3n) is 4.89. The van der Waals surface area contributed by atoms with Crippen molar-refractivity contribution in [2.45, 2.75) is 12.5 Å². The number of thiazole rings is 1. The number of methoxy groups -OCH3 is 1. The molecular weight excluding hydrogens is 416 g/mol. The average Bonchev–Trinajstić information content (AvgIpc) is 3.12. The van der Waals surface area contributed by atoms with Gasteiger partial charge < -0.3 is 9.30 Å². The van der Waals surface area contributed by atoms with Crippen molar-refractivity contribution >= 4 is 39.1 Å². The first-order valence-electron chi connectivity index (χ1n) is 9.64. The molecule has 0 saturated heterocycles. The lowest BCUT2D eigenvalue weighted by atomic mass is 9.91. The van der Waals surface area contributed by atoms with Crippen LogP contribution in [0, 0.1) is 0 Å². The normalized spacial score (nSPS) is 12.0. The molecule has 0 aliphatic carbocycles. The van der Waals surface area contributed by atoms with Gasteiger partial charge in [-0.1, -0.05) is 89.7 Å². The molecule has 152 valence electrons. The molecule has 0 N–H and O–H groups in total. The standard InChI is InChI=1S/C24H21ClN2O2S/c1-29-16-15-27-22-19(25)13-8-14-20(22)30-24(27)26-23(28)21(17-9-4-2-5-10-17)18-11-6-3-7-12-18/h2-14,21H,15-16H2,1H3. The molecule has 4 rings (SSSR count). The number of carbonyl (C=O) groups is 1. The van der Waals surface area contributed by atoms with E-state index in [1.54, 1.807) is 7.11 Å². The maximum atomic E-state index is 13.5. The second-order valence-corrected chi connectivity index (χ2v) is 8.24. The minimum Gasteiger partial charge on any atom is -0.383 e. The van der Waals surface area contributed by atoms with Crippen molar-refractivity contribution in [2.75, 3.05) is 13.7 Å². The second-order valence-electron chi connectivity index (χ2n) is 6.82. The molecule has 0 aliphatic rings.